The summed E-state index contributed by atoms with van der Waals surface area (Å²) in [5, 5.41) is 3.62. The number of likely N-dealkylation sites (N-methyl/N-ethyl adjacent to an activating group) is 1. The molecule has 50 valence electrons. The van der Waals surface area contributed by atoms with Gasteiger partial charge in [0.1, 0.15) is 5.84 Å². The van der Waals surface area contributed by atoms with Gasteiger partial charge in [-0.15, -0.1) is 0 Å². The minimum Gasteiger partial charge on any atom is -0.358 e. The highest BCUT2D eigenvalue weighted by Crippen LogP contribution is 2.00. The maximum absolute atomic E-state index is 5.11. The van der Waals surface area contributed by atoms with Gasteiger partial charge in [0, 0.05) is 20.0 Å². The third-order valence-electron chi connectivity index (χ3n) is 1.44. The third kappa shape index (κ3) is 1.22. The van der Waals surface area contributed by atoms with Crippen LogP contribution in [0, 0.1) is 0 Å². The highest BCUT2D eigenvalue weighted by Gasteiger charge is 2.05. The Bertz CT molecular complexity index is 148. The zero-order valence-corrected chi connectivity index (χ0v) is 5.54. The summed E-state index contributed by atoms with van der Waals surface area (Å²) in [6.07, 6.45) is 5.05. The van der Waals surface area contributed by atoms with Crippen LogP contribution in [0.15, 0.2) is 17.3 Å². The summed E-state index contributed by atoms with van der Waals surface area (Å²) in [5.74, 6) is 6.06. The van der Waals surface area contributed by atoms with Gasteiger partial charge in [0.15, 0.2) is 0 Å². The van der Waals surface area contributed by atoms with Gasteiger partial charge in [0.05, 0.1) is 0 Å². The van der Waals surface area contributed by atoms with E-state index in [-0.39, 0.29) is 0 Å². The first kappa shape index (κ1) is 6.13. The third-order valence-corrected chi connectivity index (χ3v) is 1.44. The predicted molar refractivity (Wildman–Crippen MR) is 38.0 cm³/mol. The first-order valence-corrected chi connectivity index (χ1v) is 2.97. The van der Waals surface area contributed by atoms with E-state index in [0.717, 1.165) is 18.8 Å². The van der Waals surface area contributed by atoms with Crippen molar-refractivity contribution in [1.82, 2.24) is 4.90 Å². The molecule has 1 aliphatic rings. The Labute approximate surface area is 54.8 Å². The molecule has 1 heterocycles. The fourth-order valence-electron chi connectivity index (χ4n) is 0.834. The summed E-state index contributed by atoms with van der Waals surface area (Å²) in [4.78, 5) is 2.03. The lowest BCUT2D eigenvalue weighted by Gasteiger charge is -2.20. The van der Waals surface area contributed by atoms with Crippen molar-refractivity contribution in [2.75, 3.05) is 13.6 Å². The van der Waals surface area contributed by atoms with Crippen molar-refractivity contribution in [3.05, 3.63) is 12.2 Å². The van der Waals surface area contributed by atoms with Gasteiger partial charge in [-0.2, -0.15) is 5.10 Å². The molecular weight excluding hydrogens is 114 g/mol. The Morgan fingerprint density at radius 2 is 2.44 bits per heavy atom. The van der Waals surface area contributed by atoms with E-state index in [9.17, 15) is 0 Å². The van der Waals surface area contributed by atoms with Crippen molar-refractivity contribution in [3.63, 3.8) is 0 Å². The Morgan fingerprint density at radius 1 is 1.67 bits per heavy atom. The van der Waals surface area contributed by atoms with Crippen LogP contribution in [0.2, 0.25) is 0 Å². The van der Waals surface area contributed by atoms with Crippen LogP contribution in [0.5, 0.6) is 0 Å². The van der Waals surface area contributed by atoms with Crippen LogP contribution in [-0.4, -0.2) is 24.3 Å². The molecular formula is C6H11N3. The summed E-state index contributed by atoms with van der Waals surface area (Å²) in [5.41, 5.74) is 0. The topological polar surface area (TPSA) is 41.6 Å². The Morgan fingerprint density at radius 3 is 2.89 bits per heavy atom. The molecule has 0 saturated heterocycles. The fourth-order valence-corrected chi connectivity index (χ4v) is 0.834. The molecule has 9 heavy (non-hydrogen) atoms. The number of hydrazone groups is 1. The van der Waals surface area contributed by atoms with E-state index in [1.165, 1.54) is 0 Å². The fraction of sp³-hybridized carbons (Fsp3) is 0.500. The smallest absolute Gasteiger partial charge is 0.128 e. The molecule has 0 atom stereocenters. The van der Waals surface area contributed by atoms with Gasteiger partial charge < -0.3 is 10.7 Å². The number of hydrogen-bond donors (Lipinski definition) is 1. The summed E-state index contributed by atoms with van der Waals surface area (Å²) in [6, 6.07) is 0. The second-order valence-electron chi connectivity index (χ2n) is 2.10. The molecule has 0 radical (unpaired) electrons. The average Bonchev–Trinajstić information content (AvgIpc) is 1.89. The largest absolute Gasteiger partial charge is 0.358 e. The van der Waals surface area contributed by atoms with E-state index in [0.29, 0.717) is 0 Å². The normalized spacial score (nSPS) is 23.2. The number of nitrogens with zero attached hydrogens (tertiary/aromatic N) is 2. The molecule has 0 saturated carbocycles. The second kappa shape index (κ2) is 2.53. The van der Waals surface area contributed by atoms with Crippen LogP contribution in [0.25, 0.3) is 0 Å². The molecule has 3 nitrogen and oxygen atoms in total. The summed E-state index contributed by atoms with van der Waals surface area (Å²) in [6.45, 7) is 0.927. The second-order valence-corrected chi connectivity index (χ2v) is 2.10. The standard InChI is InChI=1S/C6H11N3/c1-9-5-3-2-4-6(9)8-7/h2-3H,4-5,7H2,1H3. The zero-order valence-electron chi connectivity index (χ0n) is 5.54. The van der Waals surface area contributed by atoms with E-state index in [1.807, 2.05) is 11.9 Å². The predicted octanol–water partition coefficient (Wildman–Crippen LogP) is 0.150. The van der Waals surface area contributed by atoms with E-state index >= 15 is 0 Å². The molecule has 1 rings (SSSR count). The maximum atomic E-state index is 5.11. The molecule has 0 aromatic carbocycles. The van der Waals surface area contributed by atoms with Crippen LogP contribution in [0.3, 0.4) is 0 Å². The van der Waals surface area contributed by atoms with Crippen molar-refractivity contribution in [1.29, 1.82) is 0 Å². The van der Waals surface area contributed by atoms with Crippen molar-refractivity contribution >= 4 is 5.84 Å². The van der Waals surface area contributed by atoms with Gasteiger partial charge in [-0.3, -0.25) is 0 Å². The van der Waals surface area contributed by atoms with Crippen LogP contribution >= 0.6 is 0 Å². The zero-order chi connectivity index (χ0) is 6.69. The van der Waals surface area contributed by atoms with E-state index in [1.54, 1.807) is 0 Å². The maximum Gasteiger partial charge on any atom is 0.128 e. The highest BCUT2D eigenvalue weighted by molar-refractivity contribution is 5.84. The van der Waals surface area contributed by atoms with Crippen molar-refractivity contribution in [3.8, 4) is 0 Å². The van der Waals surface area contributed by atoms with Crippen molar-refractivity contribution in [2.45, 2.75) is 6.42 Å². The number of hydrogen-bond acceptors (Lipinski definition) is 2. The van der Waals surface area contributed by atoms with Crippen LogP contribution in [0.1, 0.15) is 6.42 Å². The van der Waals surface area contributed by atoms with Gasteiger partial charge in [0.25, 0.3) is 0 Å². The molecule has 0 bridgehead atoms. The first-order valence-electron chi connectivity index (χ1n) is 2.97. The summed E-state index contributed by atoms with van der Waals surface area (Å²) in [7, 11) is 1.98. The molecule has 0 spiro atoms. The van der Waals surface area contributed by atoms with Gasteiger partial charge >= 0.3 is 0 Å². The van der Waals surface area contributed by atoms with Gasteiger partial charge in [-0.1, -0.05) is 12.2 Å². The summed E-state index contributed by atoms with van der Waals surface area (Å²) >= 11 is 0. The quantitative estimate of drug-likeness (QED) is 0.284. The number of amidine groups is 1. The number of rotatable bonds is 0. The number of nitrogens with two attached hydrogens (primary N) is 1. The van der Waals surface area contributed by atoms with Crippen LogP contribution < -0.4 is 5.84 Å². The van der Waals surface area contributed by atoms with Crippen LogP contribution in [-0.2, 0) is 0 Å². The van der Waals surface area contributed by atoms with Crippen LogP contribution in [0.4, 0.5) is 0 Å². The van der Waals surface area contributed by atoms with Crippen molar-refractivity contribution in [2.24, 2.45) is 10.9 Å². The highest BCUT2D eigenvalue weighted by atomic mass is 15.2. The lowest BCUT2D eigenvalue weighted by Crippen LogP contribution is -2.29. The van der Waals surface area contributed by atoms with E-state index in [4.69, 9.17) is 5.84 Å². The van der Waals surface area contributed by atoms with Gasteiger partial charge in [0.2, 0.25) is 0 Å². The molecule has 0 unspecified atom stereocenters. The summed E-state index contributed by atoms with van der Waals surface area (Å²) < 4.78 is 0. The Balaban J connectivity index is 2.64. The molecule has 0 amide bonds. The van der Waals surface area contributed by atoms with Crippen molar-refractivity contribution < 1.29 is 0 Å². The molecule has 0 aliphatic carbocycles. The van der Waals surface area contributed by atoms with E-state index < -0.39 is 0 Å². The molecule has 0 aromatic heterocycles. The molecule has 0 fully saturated rings. The Kier molecular flexibility index (Phi) is 1.72. The Hall–Kier alpha value is -0.990. The van der Waals surface area contributed by atoms with Gasteiger partial charge in [-0.25, -0.2) is 0 Å². The first-order chi connectivity index (χ1) is 4.34. The molecule has 0 aromatic rings. The lowest BCUT2D eigenvalue weighted by molar-refractivity contribution is 0.542. The molecule has 3 heteroatoms. The minimum absolute atomic E-state index is 0.868. The molecule has 2 N–H and O–H groups in total. The SMILES string of the molecule is CN1CC=CCC1=NN. The molecule has 1 aliphatic heterocycles. The lowest BCUT2D eigenvalue weighted by atomic mass is 10.2. The van der Waals surface area contributed by atoms with Gasteiger partial charge in [-0.05, 0) is 0 Å². The van der Waals surface area contributed by atoms with E-state index in [2.05, 4.69) is 17.3 Å². The monoisotopic (exact) mass is 125 g/mol. The average molecular weight is 125 g/mol. The minimum atomic E-state index is 0.868.